The minimum absolute atomic E-state index is 0.240. The van der Waals surface area contributed by atoms with E-state index in [1.54, 1.807) is 7.11 Å². The maximum absolute atomic E-state index is 11.8. The van der Waals surface area contributed by atoms with Gasteiger partial charge in [-0.1, -0.05) is 6.92 Å². The van der Waals surface area contributed by atoms with E-state index in [1.807, 2.05) is 0 Å². The Balaban J connectivity index is 2.29. The number of esters is 1. The molecule has 0 aromatic rings. The van der Waals surface area contributed by atoms with Crippen LogP contribution in [0.25, 0.3) is 0 Å². The van der Waals surface area contributed by atoms with E-state index in [4.69, 9.17) is 15.2 Å². The molecule has 0 spiro atoms. The van der Waals surface area contributed by atoms with E-state index in [2.05, 4.69) is 6.92 Å². The molecule has 1 aliphatic rings. The van der Waals surface area contributed by atoms with Gasteiger partial charge in [-0.15, -0.1) is 0 Å². The van der Waals surface area contributed by atoms with Gasteiger partial charge in [0.15, 0.2) is 0 Å². The number of hydrogen-bond donors (Lipinski definition) is 1. The number of rotatable bonds is 5. The summed E-state index contributed by atoms with van der Waals surface area (Å²) < 4.78 is 10.1. The summed E-state index contributed by atoms with van der Waals surface area (Å²) in [6.07, 6.45) is 4.26. The molecule has 1 rings (SSSR count). The molecule has 16 heavy (non-hydrogen) atoms. The Morgan fingerprint density at radius 2 is 2.00 bits per heavy atom. The summed E-state index contributed by atoms with van der Waals surface area (Å²) in [5, 5.41) is 0. The van der Waals surface area contributed by atoms with Crippen LogP contribution in [-0.2, 0) is 14.3 Å². The highest BCUT2D eigenvalue weighted by Gasteiger charge is 2.38. The van der Waals surface area contributed by atoms with Crippen LogP contribution in [0.3, 0.4) is 0 Å². The van der Waals surface area contributed by atoms with Crippen LogP contribution in [0, 0.1) is 5.92 Å². The molecule has 0 aromatic heterocycles. The van der Waals surface area contributed by atoms with Crippen molar-refractivity contribution in [3.8, 4) is 0 Å². The molecule has 0 radical (unpaired) electrons. The third-order valence-electron chi connectivity index (χ3n) is 3.30. The Hall–Kier alpha value is -0.610. The predicted octanol–water partition coefficient (Wildman–Crippen LogP) is 1.47. The van der Waals surface area contributed by atoms with E-state index < -0.39 is 5.54 Å². The van der Waals surface area contributed by atoms with Gasteiger partial charge in [-0.05, 0) is 31.6 Å². The molecule has 1 fully saturated rings. The first-order valence-electron chi connectivity index (χ1n) is 6.03. The lowest BCUT2D eigenvalue weighted by Gasteiger charge is -2.33. The van der Waals surface area contributed by atoms with Crippen LogP contribution in [0.1, 0.15) is 39.0 Å². The summed E-state index contributed by atoms with van der Waals surface area (Å²) in [4.78, 5) is 11.8. The van der Waals surface area contributed by atoms with Gasteiger partial charge in [0.1, 0.15) is 5.54 Å². The molecule has 4 heteroatoms. The fourth-order valence-electron chi connectivity index (χ4n) is 1.99. The van der Waals surface area contributed by atoms with E-state index in [0.717, 1.165) is 32.1 Å². The lowest BCUT2D eigenvalue weighted by atomic mass is 9.78. The zero-order valence-electron chi connectivity index (χ0n) is 10.3. The molecule has 2 N–H and O–H groups in total. The predicted molar refractivity (Wildman–Crippen MR) is 62.0 cm³/mol. The third kappa shape index (κ3) is 3.76. The van der Waals surface area contributed by atoms with Crippen LogP contribution in [0.4, 0.5) is 0 Å². The highest BCUT2D eigenvalue weighted by Crippen LogP contribution is 2.30. The summed E-state index contributed by atoms with van der Waals surface area (Å²) in [6.45, 7) is 3.21. The maximum Gasteiger partial charge on any atom is 0.326 e. The zero-order chi connectivity index (χ0) is 12.0. The molecular weight excluding hydrogens is 206 g/mol. The highest BCUT2D eigenvalue weighted by molar-refractivity contribution is 5.80. The van der Waals surface area contributed by atoms with Gasteiger partial charge in [-0.25, -0.2) is 0 Å². The SMILES string of the molecule is COCCCOC(=O)C1(N)CCC(C)CC1. The normalized spacial score (nSPS) is 30.1. The van der Waals surface area contributed by atoms with E-state index in [-0.39, 0.29) is 5.97 Å². The van der Waals surface area contributed by atoms with Crippen LogP contribution in [0.2, 0.25) is 0 Å². The monoisotopic (exact) mass is 229 g/mol. The smallest absolute Gasteiger partial charge is 0.326 e. The van der Waals surface area contributed by atoms with Crippen molar-refractivity contribution in [2.75, 3.05) is 20.3 Å². The van der Waals surface area contributed by atoms with Gasteiger partial charge in [0.05, 0.1) is 6.61 Å². The second-order valence-electron chi connectivity index (χ2n) is 4.82. The van der Waals surface area contributed by atoms with Crippen molar-refractivity contribution in [1.29, 1.82) is 0 Å². The molecule has 0 aromatic carbocycles. The first kappa shape index (κ1) is 13.5. The van der Waals surface area contributed by atoms with Gasteiger partial charge in [0.25, 0.3) is 0 Å². The van der Waals surface area contributed by atoms with Gasteiger partial charge in [-0.3, -0.25) is 4.79 Å². The van der Waals surface area contributed by atoms with E-state index in [0.29, 0.717) is 19.1 Å². The van der Waals surface area contributed by atoms with Crippen molar-refractivity contribution in [2.24, 2.45) is 11.7 Å². The van der Waals surface area contributed by atoms with E-state index >= 15 is 0 Å². The molecule has 0 aliphatic heterocycles. The second-order valence-corrected chi connectivity index (χ2v) is 4.82. The molecule has 0 heterocycles. The average molecular weight is 229 g/mol. The Morgan fingerprint density at radius 1 is 1.38 bits per heavy atom. The van der Waals surface area contributed by atoms with Gasteiger partial charge < -0.3 is 15.2 Å². The van der Waals surface area contributed by atoms with Crippen molar-refractivity contribution < 1.29 is 14.3 Å². The van der Waals surface area contributed by atoms with Crippen molar-refractivity contribution in [2.45, 2.75) is 44.6 Å². The Morgan fingerprint density at radius 3 is 2.56 bits per heavy atom. The average Bonchev–Trinajstić information content (AvgIpc) is 2.28. The Kier molecular flexibility index (Phi) is 5.22. The lowest BCUT2D eigenvalue weighted by Crippen LogP contribution is -2.51. The Labute approximate surface area is 97.5 Å². The lowest BCUT2D eigenvalue weighted by molar-refractivity contribution is -0.152. The molecule has 0 unspecified atom stereocenters. The van der Waals surface area contributed by atoms with Crippen LogP contribution in [0.5, 0.6) is 0 Å². The van der Waals surface area contributed by atoms with Crippen molar-refractivity contribution in [3.63, 3.8) is 0 Å². The number of methoxy groups -OCH3 is 1. The first-order chi connectivity index (χ1) is 7.58. The first-order valence-corrected chi connectivity index (χ1v) is 6.03. The Bertz CT molecular complexity index is 222. The van der Waals surface area contributed by atoms with Gasteiger partial charge >= 0.3 is 5.97 Å². The quantitative estimate of drug-likeness (QED) is 0.573. The molecular formula is C12H23NO3. The fraction of sp³-hybridized carbons (Fsp3) is 0.917. The zero-order valence-corrected chi connectivity index (χ0v) is 10.3. The van der Waals surface area contributed by atoms with E-state index in [9.17, 15) is 4.79 Å². The largest absolute Gasteiger partial charge is 0.464 e. The molecule has 0 saturated heterocycles. The minimum Gasteiger partial charge on any atom is -0.464 e. The summed E-state index contributed by atoms with van der Waals surface area (Å²) >= 11 is 0. The molecule has 0 atom stereocenters. The van der Waals surface area contributed by atoms with Gasteiger partial charge in [0, 0.05) is 20.1 Å². The highest BCUT2D eigenvalue weighted by atomic mass is 16.5. The number of ether oxygens (including phenoxy) is 2. The van der Waals surface area contributed by atoms with Crippen molar-refractivity contribution in [1.82, 2.24) is 0 Å². The molecule has 1 saturated carbocycles. The summed E-state index contributed by atoms with van der Waals surface area (Å²) in [5.41, 5.74) is 5.34. The van der Waals surface area contributed by atoms with Crippen LogP contribution >= 0.6 is 0 Å². The van der Waals surface area contributed by atoms with Gasteiger partial charge in [0.2, 0.25) is 0 Å². The molecule has 0 amide bonds. The molecule has 4 nitrogen and oxygen atoms in total. The molecule has 94 valence electrons. The standard InChI is InChI=1S/C12H23NO3/c1-10-4-6-12(13,7-5-10)11(14)16-9-3-8-15-2/h10H,3-9,13H2,1-2H3. The molecule has 1 aliphatic carbocycles. The number of hydrogen-bond acceptors (Lipinski definition) is 4. The summed E-state index contributed by atoms with van der Waals surface area (Å²) in [5.74, 6) is 0.438. The minimum atomic E-state index is -0.737. The van der Waals surface area contributed by atoms with Crippen LogP contribution < -0.4 is 5.73 Å². The summed E-state index contributed by atoms with van der Waals surface area (Å²) in [6, 6.07) is 0. The van der Waals surface area contributed by atoms with Crippen molar-refractivity contribution in [3.05, 3.63) is 0 Å². The van der Waals surface area contributed by atoms with Gasteiger partial charge in [-0.2, -0.15) is 0 Å². The van der Waals surface area contributed by atoms with Crippen LogP contribution in [0.15, 0.2) is 0 Å². The summed E-state index contributed by atoms with van der Waals surface area (Å²) in [7, 11) is 1.63. The maximum atomic E-state index is 11.8. The van der Waals surface area contributed by atoms with E-state index in [1.165, 1.54) is 0 Å². The number of carbonyl (C=O) groups is 1. The van der Waals surface area contributed by atoms with Crippen LogP contribution in [-0.4, -0.2) is 31.8 Å². The number of carbonyl (C=O) groups excluding carboxylic acids is 1. The topological polar surface area (TPSA) is 61.5 Å². The molecule has 0 bridgehead atoms. The third-order valence-corrected chi connectivity index (χ3v) is 3.30. The second kappa shape index (κ2) is 6.21. The number of nitrogens with two attached hydrogens (primary N) is 1. The van der Waals surface area contributed by atoms with Crippen molar-refractivity contribution >= 4 is 5.97 Å². The fourth-order valence-corrected chi connectivity index (χ4v) is 1.99.